The second-order valence-electron chi connectivity index (χ2n) is 4.96. The van der Waals surface area contributed by atoms with Gasteiger partial charge in [0.05, 0.1) is 4.92 Å². The van der Waals surface area contributed by atoms with Crippen molar-refractivity contribution in [1.29, 1.82) is 0 Å². The first kappa shape index (κ1) is 18.0. The van der Waals surface area contributed by atoms with Crippen molar-refractivity contribution in [1.82, 2.24) is 5.32 Å². The number of ether oxygens (including phenoxy) is 1. The van der Waals surface area contributed by atoms with Crippen LogP contribution >= 0.6 is 23.2 Å². The summed E-state index contributed by atoms with van der Waals surface area (Å²) in [7, 11) is 0. The van der Waals surface area contributed by atoms with E-state index in [4.69, 9.17) is 27.9 Å². The Labute approximate surface area is 148 Å². The van der Waals surface area contributed by atoms with Gasteiger partial charge in [0.15, 0.2) is 6.10 Å². The van der Waals surface area contributed by atoms with Crippen molar-refractivity contribution < 1.29 is 14.5 Å². The van der Waals surface area contributed by atoms with Gasteiger partial charge in [-0.1, -0.05) is 29.3 Å². The Balaban J connectivity index is 1.90. The number of amides is 1. The zero-order valence-corrected chi connectivity index (χ0v) is 14.2. The summed E-state index contributed by atoms with van der Waals surface area (Å²) >= 11 is 11.9. The number of non-ortho nitro benzene ring substituents is 1. The molecule has 6 nitrogen and oxygen atoms in total. The molecule has 0 spiro atoms. The number of rotatable bonds is 6. The highest BCUT2D eigenvalue weighted by molar-refractivity contribution is 6.35. The summed E-state index contributed by atoms with van der Waals surface area (Å²) in [4.78, 5) is 22.1. The lowest BCUT2D eigenvalue weighted by Crippen LogP contribution is -2.35. The van der Waals surface area contributed by atoms with E-state index in [-0.39, 0.29) is 18.1 Å². The minimum Gasteiger partial charge on any atom is -0.481 e. The minimum atomic E-state index is -0.766. The molecule has 0 fully saturated rings. The summed E-state index contributed by atoms with van der Waals surface area (Å²) < 4.78 is 5.46. The van der Waals surface area contributed by atoms with Gasteiger partial charge < -0.3 is 10.1 Å². The highest BCUT2D eigenvalue weighted by Gasteiger charge is 2.15. The molecule has 2 aromatic rings. The van der Waals surface area contributed by atoms with E-state index in [1.807, 2.05) is 0 Å². The molecule has 0 aromatic heterocycles. The number of nitro groups is 1. The lowest BCUT2D eigenvalue weighted by atomic mass is 10.2. The van der Waals surface area contributed by atoms with Gasteiger partial charge in [0.25, 0.3) is 11.6 Å². The van der Waals surface area contributed by atoms with E-state index < -0.39 is 11.0 Å². The fourth-order valence-electron chi connectivity index (χ4n) is 1.90. The van der Waals surface area contributed by atoms with Crippen molar-refractivity contribution in [3.8, 4) is 5.75 Å². The van der Waals surface area contributed by atoms with Crippen LogP contribution in [0.2, 0.25) is 10.0 Å². The Morgan fingerprint density at radius 1 is 1.25 bits per heavy atom. The van der Waals surface area contributed by atoms with Crippen LogP contribution in [0.25, 0.3) is 0 Å². The predicted molar refractivity (Wildman–Crippen MR) is 91.5 cm³/mol. The lowest BCUT2D eigenvalue weighted by Gasteiger charge is -2.15. The van der Waals surface area contributed by atoms with Crippen molar-refractivity contribution in [2.24, 2.45) is 0 Å². The van der Waals surface area contributed by atoms with Crippen LogP contribution in [0.15, 0.2) is 42.5 Å². The largest absolute Gasteiger partial charge is 0.481 e. The number of nitro benzene ring substituents is 1. The summed E-state index contributed by atoms with van der Waals surface area (Å²) in [6.45, 7) is 1.82. The number of halogens is 2. The highest BCUT2D eigenvalue weighted by atomic mass is 35.5. The van der Waals surface area contributed by atoms with Crippen LogP contribution in [0.5, 0.6) is 5.75 Å². The number of hydrogen-bond acceptors (Lipinski definition) is 4. The van der Waals surface area contributed by atoms with Crippen molar-refractivity contribution in [3.05, 3.63) is 68.2 Å². The molecular weight excluding hydrogens is 355 g/mol. The van der Waals surface area contributed by atoms with Crippen LogP contribution in [-0.2, 0) is 11.3 Å². The highest BCUT2D eigenvalue weighted by Crippen LogP contribution is 2.21. The van der Waals surface area contributed by atoms with E-state index in [2.05, 4.69) is 5.32 Å². The maximum absolute atomic E-state index is 12.1. The zero-order chi connectivity index (χ0) is 17.7. The summed E-state index contributed by atoms with van der Waals surface area (Å²) in [6.07, 6.45) is -0.766. The minimum absolute atomic E-state index is 0.0446. The molecule has 24 heavy (non-hydrogen) atoms. The Bertz CT molecular complexity index is 750. The number of nitrogens with one attached hydrogen (secondary N) is 1. The third kappa shape index (κ3) is 4.84. The number of benzene rings is 2. The van der Waals surface area contributed by atoms with Gasteiger partial charge in [0.1, 0.15) is 5.75 Å². The first-order chi connectivity index (χ1) is 11.4. The third-order valence-electron chi connectivity index (χ3n) is 3.20. The van der Waals surface area contributed by atoms with Gasteiger partial charge in [-0.3, -0.25) is 14.9 Å². The number of carbonyl (C=O) groups is 1. The van der Waals surface area contributed by atoms with E-state index >= 15 is 0 Å². The van der Waals surface area contributed by atoms with Crippen molar-refractivity contribution in [2.45, 2.75) is 19.6 Å². The third-order valence-corrected chi connectivity index (χ3v) is 3.78. The smallest absolute Gasteiger partial charge is 0.269 e. The molecule has 1 atom stereocenters. The average Bonchev–Trinajstić information content (AvgIpc) is 2.54. The molecule has 0 bridgehead atoms. The van der Waals surface area contributed by atoms with Gasteiger partial charge in [0.2, 0.25) is 0 Å². The second kappa shape index (κ2) is 7.99. The van der Waals surface area contributed by atoms with Gasteiger partial charge in [-0.05, 0) is 36.8 Å². The van der Waals surface area contributed by atoms with Crippen LogP contribution < -0.4 is 10.1 Å². The molecule has 1 N–H and O–H groups in total. The molecule has 0 heterocycles. The van der Waals surface area contributed by atoms with Crippen LogP contribution in [0, 0.1) is 10.1 Å². The molecule has 1 amide bonds. The molecule has 2 aromatic carbocycles. The first-order valence-corrected chi connectivity index (χ1v) is 7.75. The SMILES string of the molecule is CC(Oc1ccc([N+](=O)[O-])cc1)C(=O)NCc1ccc(Cl)cc1Cl. The van der Waals surface area contributed by atoms with E-state index in [0.717, 1.165) is 5.56 Å². The maximum Gasteiger partial charge on any atom is 0.269 e. The van der Waals surface area contributed by atoms with Gasteiger partial charge in [-0.25, -0.2) is 0 Å². The number of carbonyl (C=O) groups excluding carboxylic acids is 1. The molecular formula is C16H14Cl2N2O4. The summed E-state index contributed by atoms with van der Waals surface area (Å²) in [5.74, 6) is 0.0344. The molecule has 0 saturated heterocycles. The van der Waals surface area contributed by atoms with Crippen molar-refractivity contribution in [2.75, 3.05) is 0 Å². The molecule has 8 heteroatoms. The molecule has 1 unspecified atom stereocenters. The Morgan fingerprint density at radius 3 is 2.50 bits per heavy atom. The van der Waals surface area contributed by atoms with E-state index in [1.54, 1.807) is 25.1 Å². The fraction of sp³-hybridized carbons (Fsp3) is 0.188. The van der Waals surface area contributed by atoms with Gasteiger partial charge in [-0.2, -0.15) is 0 Å². The lowest BCUT2D eigenvalue weighted by molar-refractivity contribution is -0.384. The number of hydrogen-bond donors (Lipinski definition) is 1. The quantitative estimate of drug-likeness (QED) is 0.617. The Morgan fingerprint density at radius 2 is 1.92 bits per heavy atom. The van der Waals surface area contributed by atoms with Crippen LogP contribution in [0.4, 0.5) is 5.69 Å². The van der Waals surface area contributed by atoms with E-state index in [1.165, 1.54) is 24.3 Å². The average molecular weight is 369 g/mol. The second-order valence-corrected chi connectivity index (χ2v) is 5.81. The topological polar surface area (TPSA) is 81.5 Å². The summed E-state index contributed by atoms with van der Waals surface area (Å²) in [5.41, 5.74) is 0.689. The summed E-state index contributed by atoms with van der Waals surface area (Å²) in [6, 6.07) is 10.5. The Kier molecular flexibility index (Phi) is 6.00. The van der Waals surface area contributed by atoms with Crippen molar-refractivity contribution in [3.63, 3.8) is 0 Å². The normalized spacial score (nSPS) is 11.6. The molecule has 0 radical (unpaired) electrons. The predicted octanol–water partition coefficient (Wildman–Crippen LogP) is 3.99. The zero-order valence-electron chi connectivity index (χ0n) is 12.7. The van der Waals surface area contributed by atoms with Gasteiger partial charge in [0, 0.05) is 28.7 Å². The Hall–Kier alpha value is -2.31. The van der Waals surface area contributed by atoms with Gasteiger partial charge >= 0.3 is 0 Å². The summed E-state index contributed by atoms with van der Waals surface area (Å²) in [5, 5.41) is 14.3. The van der Waals surface area contributed by atoms with Crippen LogP contribution in [0.1, 0.15) is 12.5 Å². The van der Waals surface area contributed by atoms with E-state index in [9.17, 15) is 14.9 Å². The van der Waals surface area contributed by atoms with Gasteiger partial charge in [-0.15, -0.1) is 0 Å². The molecule has 126 valence electrons. The molecule has 0 aliphatic heterocycles. The molecule has 0 aliphatic rings. The number of nitrogens with zero attached hydrogens (tertiary/aromatic N) is 1. The molecule has 2 rings (SSSR count). The first-order valence-electron chi connectivity index (χ1n) is 6.99. The fourth-order valence-corrected chi connectivity index (χ4v) is 2.37. The van der Waals surface area contributed by atoms with Crippen molar-refractivity contribution >= 4 is 34.8 Å². The van der Waals surface area contributed by atoms with Crippen LogP contribution in [-0.4, -0.2) is 16.9 Å². The standard InChI is InChI=1S/C16H14Cl2N2O4/c1-10(24-14-6-4-13(5-7-14)20(22)23)16(21)19-9-11-2-3-12(17)8-15(11)18/h2-8,10H,9H2,1H3,(H,19,21). The maximum atomic E-state index is 12.1. The monoisotopic (exact) mass is 368 g/mol. The molecule has 0 saturated carbocycles. The van der Waals surface area contributed by atoms with E-state index in [0.29, 0.717) is 15.8 Å². The van der Waals surface area contributed by atoms with Crippen LogP contribution in [0.3, 0.4) is 0 Å². The molecule has 0 aliphatic carbocycles.